The highest BCUT2D eigenvalue weighted by Crippen LogP contribution is 2.31. The van der Waals surface area contributed by atoms with Crippen LogP contribution >= 0.6 is 0 Å². The summed E-state index contributed by atoms with van der Waals surface area (Å²) in [6, 6.07) is 10.9. The number of benzene rings is 2. The molecule has 0 atom stereocenters. The van der Waals surface area contributed by atoms with Crippen molar-refractivity contribution in [1.29, 1.82) is 0 Å². The van der Waals surface area contributed by atoms with E-state index < -0.39 is 0 Å². The molecule has 154 valence electrons. The van der Waals surface area contributed by atoms with Gasteiger partial charge in [0.15, 0.2) is 0 Å². The first-order chi connectivity index (χ1) is 13.6. The molecular formula is C27H35FN+. The van der Waals surface area contributed by atoms with Gasteiger partial charge in [0.2, 0.25) is 11.2 Å². The molecule has 0 radical (unpaired) electrons. The van der Waals surface area contributed by atoms with Crippen molar-refractivity contribution in [3.05, 3.63) is 64.0 Å². The summed E-state index contributed by atoms with van der Waals surface area (Å²) in [5.74, 6) is 0.827. The zero-order valence-electron chi connectivity index (χ0n) is 19.3. The summed E-state index contributed by atoms with van der Waals surface area (Å²) in [6.45, 7) is 15.1. The summed E-state index contributed by atoms with van der Waals surface area (Å²) in [5.41, 5.74) is 9.14. The first-order valence-corrected chi connectivity index (χ1v) is 10.8. The average molecular weight is 393 g/mol. The van der Waals surface area contributed by atoms with E-state index in [4.69, 9.17) is 0 Å². The third-order valence-electron chi connectivity index (χ3n) is 5.92. The number of halogens is 1. The zero-order valence-corrected chi connectivity index (χ0v) is 19.3. The third-order valence-corrected chi connectivity index (χ3v) is 5.92. The van der Waals surface area contributed by atoms with Crippen LogP contribution < -0.4 is 4.57 Å². The van der Waals surface area contributed by atoms with Gasteiger partial charge in [0.1, 0.15) is 12.9 Å². The molecule has 0 aliphatic carbocycles. The Hall–Kier alpha value is -2.22. The van der Waals surface area contributed by atoms with E-state index in [2.05, 4.69) is 90.4 Å². The van der Waals surface area contributed by atoms with E-state index in [9.17, 15) is 0 Å². The Kier molecular flexibility index (Phi) is 6.12. The highest BCUT2D eigenvalue weighted by molar-refractivity contribution is 5.83. The predicted molar refractivity (Wildman–Crippen MR) is 122 cm³/mol. The van der Waals surface area contributed by atoms with E-state index in [1.54, 1.807) is 0 Å². The van der Waals surface area contributed by atoms with Crippen molar-refractivity contribution in [2.75, 3.05) is 0 Å². The Morgan fingerprint density at radius 2 is 1.55 bits per heavy atom. The van der Waals surface area contributed by atoms with Crippen LogP contribution in [-0.2, 0) is 19.9 Å². The lowest BCUT2D eigenvalue weighted by Crippen LogP contribution is -2.33. The molecule has 2 aromatic carbocycles. The molecule has 3 aromatic rings. The van der Waals surface area contributed by atoms with E-state index in [0.29, 0.717) is 11.8 Å². The van der Waals surface area contributed by atoms with Crippen molar-refractivity contribution in [1.82, 2.24) is 0 Å². The highest BCUT2D eigenvalue weighted by atomic mass is 19.1. The summed E-state index contributed by atoms with van der Waals surface area (Å²) < 4.78 is 17.7. The van der Waals surface area contributed by atoms with Crippen molar-refractivity contribution < 1.29 is 8.96 Å². The molecule has 0 aliphatic rings. The second-order valence-electron chi connectivity index (χ2n) is 9.49. The van der Waals surface area contributed by atoms with Crippen LogP contribution in [0.25, 0.3) is 22.2 Å². The second-order valence-corrected chi connectivity index (χ2v) is 9.49. The van der Waals surface area contributed by atoms with Crippen molar-refractivity contribution in [3.8, 4) is 11.3 Å². The number of nitrogens with zero attached hydrogens (tertiary/aromatic N) is 1. The topological polar surface area (TPSA) is 3.88 Å². The fourth-order valence-corrected chi connectivity index (χ4v) is 4.41. The largest absolute Gasteiger partial charge is 0.213 e. The van der Waals surface area contributed by atoms with E-state index in [0.717, 1.165) is 34.9 Å². The van der Waals surface area contributed by atoms with Gasteiger partial charge in [0.05, 0.1) is 5.39 Å². The Balaban J connectivity index is 2.33. The molecule has 0 aliphatic heterocycles. The molecule has 0 amide bonds. The SMILES string of the molecule is Cc1cc(C)c(C)c(-c2ccc3c(CC(C)C)c(F)c(CC(C)C)cc3[n+]2C)c1. The molecule has 29 heavy (non-hydrogen) atoms. The fourth-order valence-electron chi connectivity index (χ4n) is 4.41. The summed E-state index contributed by atoms with van der Waals surface area (Å²) in [4.78, 5) is 0. The molecule has 0 fully saturated rings. The maximum absolute atomic E-state index is 15.4. The molecule has 0 saturated heterocycles. The van der Waals surface area contributed by atoms with Gasteiger partial charge in [-0.25, -0.2) is 4.39 Å². The van der Waals surface area contributed by atoms with Crippen LogP contribution in [0.5, 0.6) is 0 Å². The number of pyridine rings is 1. The summed E-state index contributed by atoms with van der Waals surface area (Å²) >= 11 is 0. The first-order valence-electron chi connectivity index (χ1n) is 10.8. The van der Waals surface area contributed by atoms with E-state index in [1.165, 1.54) is 27.9 Å². The van der Waals surface area contributed by atoms with Crippen LogP contribution in [0.3, 0.4) is 0 Å². The van der Waals surface area contributed by atoms with Crippen LogP contribution in [0.1, 0.15) is 55.5 Å². The van der Waals surface area contributed by atoms with Crippen molar-refractivity contribution in [3.63, 3.8) is 0 Å². The van der Waals surface area contributed by atoms with Gasteiger partial charge in [-0.05, 0) is 74.3 Å². The van der Waals surface area contributed by atoms with E-state index >= 15 is 4.39 Å². The normalized spacial score (nSPS) is 11.8. The van der Waals surface area contributed by atoms with Gasteiger partial charge in [-0.3, -0.25) is 0 Å². The lowest BCUT2D eigenvalue weighted by molar-refractivity contribution is -0.633. The Morgan fingerprint density at radius 1 is 0.897 bits per heavy atom. The van der Waals surface area contributed by atoms with Crippen LogP contribution in [-0.4, -0.2) is 0 Å². The van der Waals surface area contributed by atoms with Crippen LogP contribution in [0.15, 0.2) is 30.3 Å². The quantitative estimate of drug-likeness (QED) is 0.421. The highest BCUT2D eigenvalue weighted by Gasteiger charge is 2.23. The summed E-state index contributed by atoms with van der Waals surface area (Å²) in [7, 11) is 2.12. The lowest BCUT2D eigenvalue weighted by atomic mass is 9.91. The van der Waals surface area contributed by atoms with Crippen molar-refractivity contribution in [2.45, 2.75) is 61.3 Å². The van der Waals surface area contributed by atoms with Gasteiger partial charge < -0.3 is 0 Å². The van der Waals surface area contributed by atoms with Crippen LogP contribution in [0, 0.1) is 38.4 Å². The number of aryl methyl sites for hydroxylation is 3. The van der Waals surface area contributed by atoms with E-state index in [1.807, 2.05) is 0 Å². The Morgan fingerprint density at radius 3 is 2.17 bits per heavy atom. The zero-order chi connectivity index (χ0) is 21.5. The molecule has 3 rings (SSSR count). The monoisotopic (exact) mass is 392 g/mol. The standard InChI is InChI=1S/C27H35FN/c1-16(2)11-21-15-26-22(24(27(21)28)12-17(3)4)9-10-25(29(26)8)23-14-18(5)13-19(6)20(23)7/h9-10,13-17H,11-12H2,1-8H3/q+1. The number of hydrogen-bond donors (Lipinski definition) is 0. The van der Waals surface area contributed by atoms with Gasteiger partial charge in [0, 0.05) is 23.3 Å². The molecule has 0 unspecified atom stereocenters. The predicted octanol–water partition coefficient (Wildman–Crippen LogP) is 6.79. The minimum absolute atomic E-state index is 0.00442. The molecule has 0 N–H and O–H groups in total. The average Bonchev–Trinajstić information content (AvgIpc) is 2.62. The summed E-state index contributed by atoms with van der Waals surface area (Å²) in [6.07, 6.45) is 1.52. The van der Waals surface area contributed by atoms with Gasteiger partial charge in [-0.1, -0.05) is 39.3 Å². The van der Waals surface area contributed by atoms with Gasteiger partial charge in [0.25, 0.3) is 0 Å². The van der Waals surface area contributed by atoms with Crippen LogP contribution in [0.2, 0.25) is 0 Å². The number of fused-ring (bicyclic) bond motifs is 1. The van der Waals surface area contributed by atoms with Crippen LogP contribution in [0.4, 0.5) is 4.39 Å². The van der Waals surface area contributed by atoms with Crippen molar-refractivity contribution >= 4 is 10.9 Å². The van der Waals surface area contributed by atoms with Crippen molar-refractivity contribution in [2.24, 2.45) is 18.9 Å². The molecule has 1 aromatic heterocycles. The Labute approximate surface area is 175 Å². The van der Waals surface area contributed by atoms with Gasteiger partial charge in [-0.2, -0.15) is 4.57 Å². The van der Waals surface area contributed by atoms with Gasteiger partial charge in [-0.15, -0.1) is 0 Å². The number of hydrogen-bond acceptors (Lipinski definition) is 0. The number of aromatic nitrogens is 1. The molecule has 1 nitrogen and oxygen atoms in total. The van der Waals surface area contributed by atoms with E-state index in [-0.39, 0.29) is 5.82 Å². The molecule has 0 spiro atoms. The molecule has 0 saturated carbocycles. The number of rotatable bonds is 5. The molecule has 2 heteroatoms. The second kappa shape index (κ2) is 8.26. The fraction of sp³-hybridized carbons (Fsp3) is 0.444. The molecule has 1 heterocycles. The third kappa shape index (κ3) is 4.22. The lowest BCUT2D eigenvalue weighted by Gasteiger charge is -2.16. The van der Waals surface area contributed by atoms with Gasteiger partial charge >= 0.3 is 0 Å². The molecule has 0 bridgehead atoms. The smallest absolute Gasteiger partial charge is 0.206 e. The minimum Gasteiger partial charge on any atom is -0.206 e. The minimum atomic E-state index is -0.00442. The maximum atomic E-state index is 15.4. The first kappa shape index (κ1) is 21.5. The maximum Gasteiger partial charge on any atom is 0.213 e. The Bertz CT molecular complexity index is 1060. The summed E-state index contributed by atoms with van der Waals surface area (Å²) in [5, 5.41) is 1.04. The molecular weight excluding hydrogens is 357 g/mol.